The van der Waals surface area contributed by atoms with E-state index in [9.17, 15) is 29.4 Å². The maximum absolute atomic E-state index is 13.0. The molecule has 7 N–H and O–H groups in total. The Labute approximate surface area is 194 Å². The molecule has 33 heavy (non-hydrogen) atoms. The van der Waals surface area contributed by atoms with Crippen LogP contribution in [-0.4, -0.2) is 58.6 Å². The molecule has 0 heterocycles. The number of nitrogens with one attached hydrogen (secondary N) is 3. The molecule has 0 aliphatic heterocycles. The quantitative estimate of drug-likeness (QED) is 0.247. The molecule has 0 fully saturated rings. The van der Waals surface area contributed by atoms with Gasteiger partial charge in [-0.1, -0.05) is 46.2 Å². The summed E-state index contributed by atoms with van der Waals surface area (Å²) in [4.78, 5) is 49.5. The van der Waals surface area contributed by atoms with Gasteiger partial charge in [0, 0.05) is 6.42 Å². The van der Waals surface area contributed by atoms with Gasteiger partial charge < -0.3 is 31.9 Å². The van der Waals surface area contributed by atoms with Crippen LogP contribution in [0.2, 0.25) is 0 Å². The standard InChI is InChI=1S/C23H36N4O6/c1-5-14(4)20(27-19(29)12-24)22(31)25-17(11-15-6-8-16(28)9-7-15)21(30)26-18(23(32)33)10-13(2)3/h6-9,13-14,17-18,20,28H,5,10-12,24H2,1-4H3,(H,25,31)(H,26,30)(H,27,29)(H,32,33)/t14-,17-,18-,20-/m0/s1. The number of rotatable bonds is 13. The first kappa shape index (κ1) is 27.9. The van der Waals surface area contributed by atoms with E-state index in [1.54, 1.807) is 19.1 Å². The van der Waals surface area contributed by atoms with Crippen LogP contribution >= 0.6 is 0 Å². The predicted molar refractivity (Wildman–Crippen MR) is 123 cm³/mol. The van der Waals surface area contributed by atoms with Gasteiger partial charge in [-0.3, -0.25) is 14.4 Å². The summed E-state index contributed by atoms with van der Waals surface area (Å²) in [7, 11) is 0. The first-order chi connectivity index (χ1) is 15.5. The lowest BCUT2D eigenvalue weighted by molar-refractivity contribution is -0.142. The Bertz CT molecular complexity index is 812. The molecule has 10 nitrogen and oxygen atoms in total. The Morgan fingerprint density at radius 3 is 2.00 bits per heavy atom. The zero-order chi connectivity index (χ0) is 25.1. The first-order valence-corrected chi connectivity index (χ1v) is 11.1. The van der Waals surface area contributed by atoms with Crippen molar-refractivity contribution in [2.24, 2.45) is 17.6 Å². The zero-order valence-electron chi connectivity index (χ0n) is 19.6. The highest BCUT2D eigenvalue weighted by Crippen LogP contribution is 2.14. The third kappa shape index (κ3) is 9.48. The van der Waals surface area contributed by atoms with Crippen LogP contribution in [0.1, 0.15) is 46.1 Å². The van der Waals surface area contributed by atoms with Crippen molar-refractivity contribution >= 4 is 23.7 Å². The molecule has 184 valence electrons. The van der Waals surface area contributed by atoms with Gasteiger partial charge in [0.25, 0.3) is 0 Å². The van der Waals surface area contributed by atoms with E-state index in [1.807, 2.05) is 20.8 Å². The van der Waals surface area contributed by atoms with Crippen molar-refractivity contribution < 1.29 is 29.4 Å². The van der Waals surface area contributed by atoms with Gasteiger partial charge in [-0.25, -0.2) is 4.79 Å². The van der Waals surface area contributed by atoms with Crippen LogP contribution in [0, 0.1) is 11.8 Å². The minimum absolute atomic E-state index is 0.0257. The number of phenolic OH excluding ortho intramolecular Hbond substituents is 1. The summed E-state index contributed by atoms with van der Waals surface area (Å²) >= 11 is 0. The molecule has 1 rings (SSSR count). The van der Waals surface area contributed by atoms with Crippen molar-refractivity contribution in [2.75, 3.05) is 6.54 Å². The van der Waals surface area contributed by atoms with Gasteiger partial charge >= 0.3 is 5.97 Å². The minimum Gasteiger partial charge on any atom is -0.508 e. The van der Waals surface area contributed by atoms with E-state index in [4.69, 9.17) is 5.73 Å². The molecule has 4 atom stereocenters. The number of phenols is 1. The van der Waals surface area contributed by atoms with Gasteiger partial charge in [-0.05, 0) is 36.0 Å². The normalized spacial score (nSPS) is 14.6. The fraction of sp³-hybridized carbons (Fsp3) is 0.565. The monoisotopic (exact) mass is 464 g/mol. The van der Waals surface area contributed by atoms with Crippen LogP contribution in [0.5, 0.6) is 5.75 Å². The lowest BCUT2D eigenvalue weighted by Gasteiger charge is -2.27. The number of nitrogens with two attached hydrogens (primary N) is 1. The zero-order valence-corrected chi connectivity index (χ0v) is 19.6. The van der Waals surface area contributed by atoms with E-state index in [-0.39, 0.29) is 37.0 Å². The van der Waals surface area contributed by atoms with Gasteiger partial charge in [0.15, 0.2) is 0 Å². The first-order valence-electron chi connectivity index (χ1n) is 11.1. The van der Waals surface area contributed by atoms with Crippen LogP contribution in [0.25, 0.3) is 0 Å². The average Bonchev–Trinajstić information content (AvgIpc) is 2.76. The molecule has 0 unspecified atom stereocenters. The summed E-state index contributed by atoms with van der Waals surface area (Å²) in [5.74, 6) is -3.05. The summed E-state index contributed by atoms with van der Waals surface area (Å²) in [6.07, 6.45) is 0.875. The molecule has 0 spiro atoms. The van der Waals surface area contributed by atoms with E-state index < -0.39 is 41.8 Å². The van der Waals surface area contributed by atoms with Crippen molar-refractivity contribution in [1.29, 1.82) is 0 Å². The molecule has 0 radical (unpaired) electrons. The Morgan fingerprint density at radius 2 is 1.52 bits per heavy atom. The molecular formula is C23H36N4O6. The van der Waals surface area contributed by atoms with Crippen LogP contribution < -0.4 is 21.7 Å². The lowest BCUT2D eigenvalue weighted by Crippen LogP contribution is -2.58. The van der Waals surface area contributed by atoms with E-state index in [1.165, 1.54) is 12.1 Å². The van der Waals surface area contributed by atoms with Crippen molar-refractivity contribution in [3.63, 3.8) is 0 Å². The van der Waals surface area contributed by atoms with Gasteiger partial charge in [0.1, 0.15) is 23.9 Å². The molecule has 0 aliphatic rings. The second-order valence-electron chi connectivity index (χ2n) is 8.60. The van der Waals surface area contributed by atoms with Crippen molar-refractivity contribution in [1.82, 2.24) is 16.0 Å². The van der Waals surface area contributed by atoms with Gasteiger partial charge in [0.05, 0.1) is 6.54 Å². The van der Waals surface area contributed by atoms with Crippen LogP contribution in [0.3, 0.4) is 0 Å². The molecule has 1 aromatic rings. The topological polar surface area (TPSA) is 171 Å². The Kier molecular flexibility index (Phi) is 11.3. The van der Waals surface area contributed by atoms with Crippen molar-refractivity contribution in [3.05, 3.63) is 29.8 Å². The highest BCUT2D eigenvalue weighted by Gasteiger charge is 2.31. The van der Waals surface area contributed by atoms with E-state index in [2.05, 4.69) is 16.0 Å². The number of hydrogen-bond donors (Lipinski definition) is 6. The maximum Gasteiger partial charge on any atom is 0.326 e. The Balaban J connectivity index is 3.15. The van der Waals surface area contributed by atoms with Gasteiger partial charge in [-0.15, -0.1) is 0 Å². The third-order valence-electron chi connectivity index (χ3n) is 5.33. The summed E-state index contributed by atoms with van der Waals surface area (Å²) in [6.45, 7) is 7.05. The van der Waals surface area contributed by atoms with Gasteiger partial charge in [-0.2, -0.15) is 0 Å². The minimum atomic E-state index is -1.17. The smallest absolute Gasteiger partial charge is 0.326 e. The largest absolute Gasteiger partial charge is 0.508 e. The maximum atomic E-state index is 13.0. The van der Waals surface area contributed by atoms with E-state index in [0.29, 0.717) is 12.0 Å². The van der Waals surface area contributed by atoms with Gasteiger partial charge in [0.2, 0.25) is 17.7 Å². The number of carboxylic acids is 1. The fourth-order valence-electron chi connectivity index (χ4n) is 3.24. The number of aliphatic carboxylic acids is 1. The van der Waals surface area contributed by atoms with Crippen molar-refractivity contribution in [3.8, 4) is 5.75 Å². The molecule has 3 amide bonds. The third-order valence-corrected chi connectivity index (χ3v) is 5.33. The number of benzene rings is 1. The molecule has 10 heteroatoms. The number of hydrogen-bond acceptors (Lipinski definition) is 6. The van der Waals surface area contributed by atoms with E-state index in [0.717, 1.165) is 0 Å². The number of aromatic hydroxyl groups is 1. The summed E-state index contributed by atoms with van der Waals surface area (Å²) in [5.41, 5.74) is 6.01. The predicted octanol–water partition coefficient (Wildman–Crippen LogP) is 0.525. The second-order valence-corrected chi connectivity index (χ2v) is 8.60. The average molecular weight is 465 g/mol. The highest BCUT2D eigenvalue weighted by molar-refractivity contribution is 5.93. The van der Waals surface area contributed by atoms with Crippen LogP contribution in [0.4, 0.5) is 0 Å². The summed E-state index contributed by atoms with van der Waals surface area (Å²) < 4.78 is 0. The summed E-state index contributed by atoms with van der Waals surface area (Å²) in [5, 5.41) is 26.8. The molecule has 0 aromatic heterocycles. The Hall–Kier alpha value is -3.14. The second kappa shape index (κ2) is 13.4. The van der Waals surface area contributed by atoms with Crippen LogP contribution in [-0.2, 0) is 25.6 Å². The number of amides is 3. The molecule has 1 aromatic carbocycles. The highest BCUT2D eigenvalue weighted by atomic mass is 16.4. The van der Waals surface area contributed by atoms with E-state index >= 15 is 0 Å². The summed E-state index contributed by atoms with van der Waals surface area (Å²) in [6, 6.07) is 2.99. The Morgan fingerprint density at radius 1 is 0.939 bits per heavy atom. The molecule has 0 bridgehead atoms. The van der Waals surface area contributed by atoms with Crippen molar-refractivity contribution in [2.45, 2.75) is 65.1 Å². The SMILES string of the molecule is CC[C@H](C)[C@H](NC(=O)CN)C(=O)N[C@@H](Cc1ccc(O)cc1)C(=O)N[C@@H](CC(C)C)C(=O)O. The number of carbonyl (C=O) groups is 4. The lowest BCUT2D eigenvalue weighted by atomic mass is 9.97. The molecule has 0 aliphatic carbocycles. The number of carboxylic acid groups (broad SMARTS) is 1. The number of carbonyl (C=O) groups excluding carboxylic acids is 3. The molecular weight excluding hydrogens is 428 g/mol. The van der Waals surface area contributed by atoms with Crippen LogP contribution in [0.15, 0.2) is 24.3 Å². The molecule has 0 saturated carbocycles. The molecule has 0 saturated heterocycles. The fourth-order valence-corrected chi connectivity index (χ4v) is 3.24.